The monoisotopic (exact) mass is 241 g/mol. The maximum atomic E-state index is 6.00. The Morgan fingerprint density at radius 1 is 1.29 bits per heavy atom. The van der Waals surface area contributed by atoms with Gasteiger partial charge in [-0.3, -0.25) is 4.90 Å². The average Bonchev–Trinajstić information content (AvgIpc) is 2.28. The van der Waals surface area contributed by atoms with Gasteiger partial charge in [-0.2, -0.15) is 0 Å². The van der Waals surface area contributed by atoms with Crippen molar-refractivity contribution in [1.29, 1.82) is 0 Å². The summed E-state index contributed by atoms with van der Waals surface area (Å²) in [5.74, 6) is 1.49. The average molecular weight is 241 g/mol. The fourth-order valence-corrected chi connectivity index (χ4v) is 2.87. The lowest BCUT2D eigenvalue weighted by atomic mass is 9.83. The van der Waals surface area contributed by atoms with Crippen LogP contribution in [-0.4, -0.2) is 55.6 Å². The Morgan fingerprint density at radius 3 is 2.18 bits per heavy atom. The van der Waals surface area contributed by atoms with E-state index in [1.165, 1.54) is 32.5 Å². The molecule has 0 bridgehead atoms. The lowest BCUT2D eigenvalue weighted by Gasteiger charge is -2.47. The zero-order valence-corrected chi connectivity index (χ0v) is 12.4. The van der Waals surface area contributed by atoms with Gasteiger partial charge in [-0.1, -0.05) is 13.8 Å². The Hall–Kier alpha value is -0.120. The van der Waals surface area contributed by atoms with Crippen LogP contribution in [0.5, 0.6) is 0 Å². The highest BCUT2D eigenvalue weighted by atomic mass is 15.2. The van der Waals surface area contributed by atoms with Gasteiger partial charge in [0.15, 0.2) is 0 Å². The molecule has 3 nitrogen and oxygen atoms in total. The van der Waals surface area contributed by atoms with Gasteiger partial charge in [-0.15, -0.1) is 0 Å². The fraction of sp³-hybridized carbons (Fsp3) is 1.00. The van der Waals surface area contributed by atoms with Gasteiger partial charge in [0.05, 0.1) is 0 Å². The normalized spacial score (nSPS) is 23.3. The Balaban J connectivity index is 2.50. The van der Waals surface area contributed by atoms with E-state index in [2.05, 4.69) is 44.7 Å². The van der Waals surface area contributed by atoms with Crippen molar-refractivity contribution < 1.29 is 0 Å². The number of rotatable bonds is 5. The smallest absolute Gasteiger partial charge is 0.0326 e. The molecule has 1 rings (SSSR count). The fourth-order valence-electron chi connectivity index (χ4n) is 2.87. The van der Waals surface area contributed by atoms with Crippen molar-refractivity contribution in [3.63, 3.8) is 0 Å². The number of hydrogen-bond acceptors (Lipinski definition) is 3. The molecule has 2 N–H and O–H groups in total. The molecule has 1 fully saturated rings. The summed E-state index contributed by atoms with van der Waals surface area (Å²) in [5, 5.41) is 0. The Bertz CT molecular complexity index is 220. The predicted molar refractivity (Wildman–Crippen MR) is 75.1 cm³/mol. The SMILES string of the molecule is CC(C)C(C)(CN)N1CCC(CN(C)C)CC1. The Morgan fingerprint density at radius 2 is 1.82 bits per heavy atom. The topological polar surface area (TPSA) is 32.5 Å². The minimum absolute atomic E-state index is 0.184. The number of nitrogens with two attached hydrogens (primary N) is 1. The molecule has 102 valence electrons. The Labute approximate surface area is 107 Å². The van der Waals surface area contributed by atoms with Crippen LogP contribution in [0.4, 0.5) is 0 Å². The lowest BCUT2D eigenvalue weighted by Crippen LogP contribution is -2.57. The van der Waals surface area contributed by atoms with E-state index in [-0.39, 0.29) is 5.54 Å². The second-order valence-electron chi connectivity index (χ2n) is 6.41. The third-order valence-corrected chi connectivity index (χ3v) is 4.62. The van der Waals surface area contributed by atoms with E-state index in [1.807, 2.05) is 0 Å². The molecule has 0 aromatic rings. The molecular formula is C14H31N3. The molecule has 3 heteroatoms. The van der Waals surface area contributed by atoms with Crippen LogP contribution in [0.2, 0.25) is 0 Å². The highest BCUT2D eigenvalue weighted by Crippen LogP contribution is 2.29. The second kappa shape index (κ2) is 6.17. The first kappa shape index (κ1) is 14.9. The molecular weight excluding hydrogens is 210 g/mol. The van der Waals surface area contributed by atoms with Gasteiger partial charge in [0.2, 0.25) is 0 Å². The molecule has 1 heterocycles. The summed E-state index contributed by atoms with van der Waals surface area (Å²) in [6, 6.07) is 0. The van der Waals surface area contributed by atoms with E-state index in [0.29, 0.717) is 5.92 Å². The van der Waals surface area contributed by atoms with Gasteiger partial charge in [-0.05, 0) is 58.8 Å². The highest BCUT2D eigenvalue weighted by Gasteiger charge is 2.35. The quantitative estimate of drug-likeness (QED) is 0.794. The zero-order valence-electron chi connectivity index (χ0n) is 12.4. The third-order valence-electron chi connectivity index (χ3n) is 4.62. The van der Waals surface area contributed by atoms with E-state index in [4.69, 9.17) is 5.73 Å². The molecule has 0 aromatic carbocycles. The van der Waals surface area contributed by atoms with Gasteiger partial charge >= 0.3 is 0 Å². The van der Waals surface area contributed by atoms with E-state index >= 15 is 0 Å². The van der Waals surface area contributed by atoms with Gasteiger partial charge in [0.1, 0.15) is 0 Å². The molecule has 0 radical (unpaired) electrons. The largest absolute Gasteiger partial charge is 0.329 e. The standard InChI is InChI=1S/C14H31N3/c1-12(2)14(3,11-15)17-8-6-13(7-9-17)10-16(4)5/h12-13H,6-11,15H2,1-5H3. The molecule has 0 aliphatic carbocycles. The Kier molecular flexibility index (Phi) is 5.42. The van der Waals surface area contributed by atoms with Gasteiger partial charge in [0.25, 0.3) is 0 Å². The van der Waals surface area contributed by atoms with E-state index < -0.39 is 0 Å². The summed E-state index contributed by atoms with van der Waals surface area (Å²) in [6.45, 7) is 11.3. The minimum atomic E-state index is 0.184. The molecule has 1 saturated heterocycles. The first-order chi connectivity index (χ1) is 7.90. The zero-order chi connectivity index (χ0) is 13.1. The van der Waals surface area contributed by atoms with Crippen molar-refractivity contribution in [2.45, 2.75) is 39.2 Å². The summed E-state index contributed by atoms with van der Waals surface area (Å²) >= 11 is 0. The third kappa shape index (κ3) is 3.67. The van der Waals surface area contributed by atoms with Crippen LogP contribution < -0.4 is 5.73 Å². The molecule has 1 aliphatic rings. The van der Waals surface area contributed by atoms with E-state index in [9.17, 15) is 0 Å². The molecule has 1 atom stereocenters. The first-order valence-electron chi connectivity index (χ1n) is 7.00. The van der Waals surface area contributed by atoms with Gasteiger partial charge < -0.3 is 10.6 Å². The summed E-state index contributed by atoms with van der Waals surface area (Å²) in [4.78, 5) is 4.93. The van der Waals surface area contributed by atoms with Crippen LogP contribution in [0.15, 0.2) is 0 Å². The number of piperidine rings is 1. The van der Waals surface area contributed by atoms with Crippen LogP contribution in [0.25, 0.3) is 0 Å². The summed E-state index contributed by atoms with van der Waals surface area (Å²) in [7, 11) is 4.34. The van der Waals surface area contributed by atoms with Crippen molar-refractivity contribution in [3.8, 4) is 0 Å². The van der Waals surface area contributed by atoms with Gasteiger partial charge in [-0.25, -0.2) is 0 Å². The van der Waals surface area contributed by atoms with Crippen molar-refractivity contribution >= 4 is 0 Å². The number of likely N-dealkylation sites (tertiary alicyclic amines) is 1. The first-order valence-corrected chi connectivity index (χ1v) is 7.00. The van der Waals surface area contributed by atoms with Crippen molar-refractivity contribution in [2.24, 2.45) is 17.6 Å². The molecule has 0 saturated carbocycles. The molecule has 0 aromatic heterocycles. The highest BCUT2D eigenvalue weighted by molar-refractivity contribution is 4.92. The van der Waals surface area contributed by atoms with Crippen molar-refractivity contribution in [3.05, 3.63) is 0 Å². The molecule has 0 spiro atoms. The van der Waals surface area contributed by atoms with Gasteiger partial charge in [0, 0.05) is 18.6 Å². The molecule has 1 aliphatic heterocycles. The minimum Gasteiger partial charge on any atom is -0.329 e. The van der Waals surface area contributed by atoms with E-state index in [0.717, 1.165) is 12.5 Å². The number of hydrogen-bond donors (Lipinski definition) is 1. The van der Waals surface area contributed by atoms with Crippen LogP contribution in [0.1, 0.15) is 33.6 Å². The van der Waals surface area contributed by atoms with Crippen LogP contribution in [0.3, 0.4) is 0 Å². The summed E-state index contributed by atoms with van der Waals surface area (Å²) in [5.41, 5.74) is 6.19. The van der Waals surface area contributed by atoms with Crippen LogP contribution in [0, 0.1) is 11.8 Å². The molecule has 1 unspecified atom stereocenters. The van der Waals surface area contributed by atoms with Crippen molar-refractivity contribution in [2.75, 3.05) is 40.3 Å². The summed E-state index contributed by atoms with van der Waals surface area (Å²) in [6.07, 6.45) is 2.64. The van der Waals surface area contributed by atoms with Crippen LogP contribution >= 0.6 is 0 Å². The molecule has 0 amide bonds. The second-order valence-corrected chi connectivity index (χ2v) is 6.41. The van der Waals surface area contributed by atoms with Crippen LogP contribution in [-0.2, 0) is 0 Å². The van der Waals surface area contributed by atoms with Crippen molar-refractivity contribution in [1.82, 2.24) is 9.80 Å². The predicted octanol–water partition coefficient (Wildman–Crippen LogP) is 1.63. The lowest BCUT2D eigenvalue weighted by molar-refractivity contribution is 0.0306. The number of nitrogens with zero attached hydrogens (tertiary/aromatic N) is 2. The van der Waals surface area contributed by atoms with E-state index in [1.54, 1.807) is 0 Å². The maximum Gasteiger partial charge on any atom is 0.0326 e. The summed E-state index contributed by atoms with van der Waals surface area (Å²) < 4.78 is 0. The maximum absolute atomic E-state index is 6.00. The molecule has 17 heavy (non-hydrogen) atoms.